The van der Waals surface area contributed by atoms with Crippen LogP contribution in [0.1, 0.15) is 18.7 Å². The number of hydrogen-bond acceptors (Lipinski definition) is 6. The highest BCUT2D eigenvalue weighted by Crippen LogP contribution is 2.32. The summed E-state index contributed by atoms with van der Waals surface area (Å²) >= 11 is 0. The second-order valence-electron chi connectivity index (χ2n) is 3.25. The highest BCUT2D eigenvalue weighted by Gasteiger charge is 2.49. The topological polar surface area (TPSA) is 109 Å². The third-order valence-electron chi connectivity index (χ3n) is 2.04. The van der Waals surface area contributed by atoms with Crippen LogP contribution in [-0.4, -0.2) is 23.4 Å². The van der Waals surface area contributed by atoms with Crippen molar-refractivity contribution in [2.45, 2.75) is 18.9 Å². The van der Waals surface area contributed by atoms with Gasteiger partial charge in [-0.25, -0.2) is 4.79 Å². The van der Waals surface area contributed by atoms with Gasteiger partial charge in [0.2, 0.25) is 0 Å². The van der Waals surface area contributed by atoms with Gasteiger partial charge in [0.25, 0.3) is 0 Å². The Hall–Kier alpha value is -1.74. The van der Waals surface area contributed by atoms with Gasteiger partial charge in [-0.1, -0.05) is 0 Å². The van der Waals surface area contributed by atoms with E-state index in [1.165, 1.54) is 6.92 Å². The maximum absolute atomic E-state index is 13.5. The van der Waals surface area contributed by atoms with Crippen molar-refractivity contribution in [1.29, 1.82) is 0 Å². The van der Waals surface area contributed by atoms with Gasteiger partial charge in [0.05, 0.1) is 12.7 Å². The minimum atomic E-state index is -4.03. The van der Waals surface area contributed by atoms with Gasteiger partial charge in [0.15, 0.2) is 0 Å². The zero-order valence-electron chi connectivity index (χ0n) is 9.67. The molecule has 1 aromatic rings. The Kier molecular flexibility index (Phi) is 5.84. The van der Waals surface area contributed by atoms with E-state index in [0.717, 1.165) is 12.1 Å². The Morgan fingerprint density at radius 2 is 2.21 bits per heavy atom. The minimum Gasteiger partial charge on any atom is -0.462 e. The predicted octanol–water partition coefficient (Wildman–Crippen LogP) is 1.81. The lowest BCUT2D eigenvalue weighted by atomic mass is 10.1. The Morgan fingerprint density at radius 1 is 1.63 bits per heavy atom. The summed E-state index contributed by atoms with van der Waals surface area (Å²) in [4.78, 5) is 20.4. The molecule has 1 atom stereocenters. The molecule has 10 heteroatoms. The average molecular weight is 301 g/mol. The fraction of sp³-hybridized carbons (Fsp3) is 0.444. The maximum Gasteiger partial charge on any atom is 0.433 e. The maximum atomic E-state index is 13.5. The van der Waals surface area contributed by atoms with Crippen LogP contribution in [0.5, 0.6) is 0 Å². The van der Waals surface area contributed by atoms with Crippen molar-refractivity contribution >= 4 is 24.3 Å². The highest BCUT2D eigenvalue weighted by atomic mass is 35.5. The number of hydrogen-bond donors (Lipinski definition) is 1. The molecule has 108 valence electrons. The van der Waals surface area contributed by atoms with Crippen LogP contribution in [0.25, 0.3) is 0 Å². The lowest BCUT2D eigenvalue weighted by Crippen LogP contribution is -2.41. The van der Waals surface area contributed by atoms with Crippen LogP contribution in [0.15, 0.2) is 16.5 Å². The van der Waals surface area contributed by atoms with Gasteiger partial charge in [0.1, 0.15) is 16.7 Å². The van der Waals surface area contributed by atoms with Gasteiger partial charge >= 0.3 is 17.8 Å². The number of nitrogens with zero attached hydrogens (tertiary/aromatic N) is 1. The molecule has 0 saturated carbocycles. The molecule has 0 aliphatic heterocycles. The first kappa shape index (κ1) is 17.3. The largest absolute Gasteiger partial charge is 0.462 e. The summed E-state index contributed by atoms with van der Waals surface area (Å²) in [6.45, 7) is 1.12. The van der Waals surface area contributed by atoms with E-state index in [2.05, 4.69) is 9.15 Å². The summed E-state index contributed by atoms with van der Waals surface area (Å²) in [5, 5.41) is 10.3. The van der Waals surface area contributed by atoms with Crippen molar-refractivity contribution in [3.05, 3.63) is 28.0 Å². The number of halogens is 3. The molecule has 2 N–H and O–H groups in total. The molecule has 0 aliphatic rings. The van der Waals surface area contributed by atoms with Gasteiger partial charge in [0, 0.05) is 0 Å². The zero-order chi connectivity index (χ0) is 13.9. The van der Waals surface area contributed by atoms with Crippen LogP contribution in [0, 0.1) is 10.1 Å². The molecule has 1 aromatic heterocycles. The van der Waals surface area contributed by atoms with E-state index in [-0.39, 0.29) is 19.0 Å². The van der Waals surface area contributed by atoms with E-state index in [9.17, 15) is 23.7 Å². The molecule has 0 aliphatic carbocycles. The molecule has 19 heavy (non-hydrogen) atoms. The Bertz CT molecular complexity index is 465. The van der Waals surface area contributed by atoms with Crippen LogP contribution in [0.4, 0.5) is 14.7 Å². The van der Waals surface area contributed by atoms with Gasteiger partial charge in [-0.3, -0.25) is 10.1 Å². The number of carbonyl (C=O) groups excluding carboxylic acids is 1. The number of ether oxygens (including phenoxy) is 1. The van der Waals surface area contributed by atoms with E-state index in [0.29, 0.717) is 0 Å². The van der Waals surface area contributed by atoms with Crippen molar-refractivity contribution in [2.24, 2.45) is 5.73 Å². The number of nitro groups is 1. The van der Waals surface area contributed by atoms with Crippen LogP contribution < -0.4 is 5.73 Å². The van der Waals surface area contributed by atoms with Crippen molar-refractivity contribution in [3.63, 3.8) is 0 Å². The van der Waals surface area contributed by atoms with Gasteiger partial charge in [-0.2, -0.15) is 8.78 Å². The average Bonchev–Trinajstić information content (AvgIpc) is 2.77. The Balaban J connectivity index is 0.00000324. The number of alkyl halides is 2. The van der Waals surface area contributed by atoms with Crippen LogP contribution >= 0.6 is 12.4 Å². The van der Waals surface area contributed by atoms with E-state index in [4.69, 9.17) is 5.73 Å². The van der Waals surface area contributed by atoms with Gasteiger partial charge in [-0.05, 0) is 13.0 Å². The molecule has 0 aromatic carbocycles. The minimum absolute atomic E-state index is 0. The van der Waals surface area contributed by atoms with Crippen molar-refractivity contribution in [3.8, 4) is 0 Å². The quantitative estimate of drug-likeness (QED) is 0.504. The molecule has 0 bridgehead atoms. The summed E-state index contributed by atoms with van der Waals surface area (Å²) in [6.07, 6.45) is 0. The first-order chi connectivity index (χ1) is 8.30. The number of furan rings is 1. The van der Waals surface area contributed by atoms with E-state index in [1.54, 1.807) is 0 Å². The van der Waals surface area contributed by atoms with E-state index in [1.807, 2.05) is 0 Å². The highest BCUT2D eigenvalue weighted by molar-refractivity contribution is 5.85. The standard InChI is InChI=1S/C9H10F2N2O5.ClH/c1-2-17-8(14)9(10,11)7(12)5-3-4-6(18-5)13(15)16;/h3-4,7H,2,12H2,1H3;1H/t7-;/m1./s1. The molecule has 0 fully saturated rings. The van der Waals surface area contributed by atoms with E-state index < -0.39 is 34.5 Å². The molecule has 0 spiro atoms. The Morgan fingerprint density at radius 3 is 2.63 bits per heavy atom. The molecule has 0 saturated heterocycles. The monoisotopic (exact) mass is 300 g/mol. The first-order valence-electron chi connectivity index (χ1n) is 4.85. The predicted molar refractivity (Wildman–Crippen MR) is 61.1 cm³/mol. The zero-order valence-corrected chi connectivity index (χ0v) is 10.5. The lowest BCUT2D eigenvalue weighted by Gasteiger charge is -2.19. The summed E-state index contributed by atoms with van der Waals surface area (Å²) in [5.41, 5.74) is 5.15. The summed E-state index contributed by atoms with van der Waals surface area (Å²) in [6, 6.07) is -0.364. The molecule has 0 radical (unpaired) electrons. The van der Waals surface area contributed by atoms with Crippen molar-refractivity contribution in [1.82, 2.24) is 0 Å². The van der Waals surface area contributed by atoms with Gasteiger partial charge < -0.3 is 14.9 Å². The fourth-order valence-corrected chi connectivity index (χ4v) is 1.14. The third kappa shape index (κ3) is 3.61. The normalized spacial score (nSPS) is 12.4. The number of esters is 1. The van der Waals surface area contributed by atoms with Crippen LogP contribution in [0.2, 0.25) is 0 Å². The number of nitrogens with two attached hydrogens (primary N) is 1. The molecule has 1 rings (SSSR count). The van der Waals surface area contributed by atoms with Crippen molar-refractivity contribution in [2.75, 3.05) is 6.61 Å². The molecular formula is C9H11ClF2N2O5. The summed E-state index contributed by atoms with van der Waals surface area (Å²) in [5.74, 6) is -7.14. The first-order valence-corrected chi connectivity index (χ1v) is 4.85. The molecule has 7 nitrogen and oxygen atoms in total. The fourth-order valence-electron chi connectivity index (χ4n) is 1.14. The third-order valence-corrected chi connectivity index (χ3v) is 2.04. The van der Waals surface area contributed by atoms with Crippen LogP contribution in [-0.2, 0) is 9.53 Å². The smallest absolute Gasteiger partial charge is 0.433 e. The van der Waals surface area contributed by atoms with Crippen molar-refractivity contribution < 1.29 is 27.7 Å². The Labute approximate surface area is 112 Å². The van der Waals surface area contributed by atoms with Crippen LogP contribution in [0.3, 0.4) is 0 Å². The van der Waals surface area contributed by atoms with Gasteiger partial charge in [-0.15, -0.1) is 12.4 Å². The molecule has 0 amide bonds. The molecule has 0 unspecified atom stereocenters. The molecular weight excluding hydrogens is 290 g/mol. The number of rotatable bonds is 5. The second kappa shape index (κ2) is 6.43. The summed E-state index contributed by atoms with van der Waals surface area (Å²) in [7, 11) is 0. The molecule has 1 heterocycles. The SMILES string of the molecule is CCOC(=O)C(F)(F)[C@H](N)c1ccc([N+](=O)[O-])o1.Cl. The van der Waals surface area contributed by atoms with E-state index >= 15 is 0 Å². The lowest BCUT2D eigenvalue weighted by molar-refractivity contribution is -0.402. The summed E-state index contributed by atoms with van der Waals surface area (Å²) < 4.78 is 35.6. The number of carbonyl (C=O) groups is 1. The second-order valence-corrected chi connectivity index (χ2v) is 3.25.